The Morgan fingerprint density at radius 3 is 2.03 bits per heavy atom. The van der Waals surface area contributed by atoms with E-state index in [1.807, 2.05) is 24.3 Å². The van der Waals surface area contributed by atoms with Gasteiger partial charge in [0.05, 0.1) is 26.9 Å². The summed E-state index contributed by atoms with van der Waals surface area (Å²) in [5.41, 5.74) is 1.57. The molecular weight excluding hydrogens is 396 g/mol. The molecule has 31 heavy (non-hydrogen) atoms. The number of ketones is 1. The molecule has 0 saturated carbocycles. The van der Waals surface area contributed by atoms with Gasteiger partial charge in [-0.3, -0.25) is 4.79 Å². The van der Waals surface area contributed by atoms with Crippen molar-refractivity contribution in [2.45, 2.75) is 0 Å². The predicted octanol–water partition coefficient (Wildman–Crippen LogP) is 4.83. The summed E-state index contributed by atoms with van der Waals surface area (Å²) in [5.74, 6) is 0.737. The molecule has 0 aliphatic carbocycles. The van der Waals surface area contributed by atoms with Crippen LogP contribution in [0.15, 0.2) is 72.8 Å². The molecule has 0 saturated heterocycles. The molecule has 0 radical (unpaired) electrons. The minimum absolute atomic E-state index is 0.111. The highest BCUT2D eigenvalue weighted by Gasteiger charge is 2.18. The average Bonchev–Trinajstić information content (AvgIpc) is 2.82. The van der Waals surface area contributed by atoms with Gasteiger partial charge in [0.1, 0.15) is 5.75 Å². The first-order chi connectivity index (χ1) is 15.0. The molecular formula is C25H22O6. The molecule has 3 aromatic carbocycles. The molecule has 6 heteroatoms. The van der Waals surface area contributed by atoms with Crippen LogP contribution in [-0.4, -0.2) is 33.1 Å². The lowest BCUT2D eigenvalue weighted by Crippen LogP contribution is -2.09. The quantitative estimate of drug-likeness (QED) is 0.226. The van der Waals surface area contributed by atoms with Crippen molar-refractivity contribution in [3.05, 3.63) is 89.5 Å². The summed E-state index contributed by atoms with van der Waals surface area (Å²) in [7, 11) is 4.43. The zero-order valence-electron chi connectivity index (χ0n) is 17.5. The molecule has 0 fully saturated rings. The fraction of sp³-hybridized carbons (Fsp3) is 0.120. The van der Waals surface area contributed by atoms with Crippen molar-refractivity contribution in [3.8, 4) is 23.0 Å². The number of rotatable bonds is 8. The van der Waals surface area contributed by atoms with Crippen molar-refractivity contribution in [1.29, 1.82) is 0 Å². The minimum atomic E-state index is -0.583. The normalized spacial score (nSPS) is 10.5. The van der Waals surface area contributed by atoms with E-state index in [9.17, 15) is 9.59 Å². The molecule has 0 amide bonds. The molecule has 0 bridgehead atoms. The zero-order chi connectivity index (χ0) is 22.2. The lowest BCUT2D eigenvalue weighted by atomic mass is 10.1. The lowest BCUT2D eigenvalue weighted by molar-refractivity contribution is 0.0733. The predicted molar refractivity (Wildman–Crippen MR) is 117 cm³/mol. The number of hydrogen-bond acceptors (Lipinski definition) is 6. The second kappa shape index (κ2) is 10.1. The molecule has 0 aromatic heterocycles. The van der Waals surface area contributed by atoms with Crippen LogP contribution >= 0.6 is 0 Å². The summed E-state index contributed by atoms with van der Waals surface area (Å²) in [4.78, 5) is 24.9. The maximum Gasteiger partial charge on any atom is 0.343 e. The summed E-state index contributed by atoms with van der Waals surface area (Å²) in [5, 5.41) is 0. The third-order valence-corrected chi connectivity index (χ3v) is 4.45. The van der Waals surface area contributed by atoms with Crippen molar-refractivity contribution in [2.75, 3.05) is 21.3 Å². The Labute approximate surface area is 180 Å². The van der Waals surface area contributed by atoms with E-state index in [1.165, 1.54) is 39.5 Å². The largest absolute Gasteiger partial charge is 0.493 e. The number of esters is 1. The fourth-order valence-electron chi connectivity index (χ4n) is 2.92. The van der Waals surface area contributed by atoms with Crippen molar-refractivity contribution < 1.29 is 28.5 Å². The third-order valence-electron chi connectivity index (χ3n) is 4.45. The van der Waals surface area contributed by atoms with Gasteiger partial charge in [-0.05, 0) is 35.9 Å². The van der Waals surface area contributed by atoms with Crippen LogP contribution in [-0.2, 0) is 0 Å². The Balaban J connectivity index is 1.77. The van der Waals surface area contributed by atoms with Crippen molar-refractivity contribution in [1.82, 2.24) is 0 Å². The van der Waals surface area contributed by atoms with Gasteiger partial charge in [-0.15, -0.1) is 0 Å². The number of methoxy groups -OCH3 is 3. The first kappa shape index (κ1) is 21.6. The molecule has 0 heterocycles. The number of benzene rings is 3. The summed E-state index contributed by atoms with van der Waals surface area (Å²) >= 11 is 0. The summed E-state index contributed by atoms with van der Waals surface area (Å²) in [6, 6.07) is 18.9. The summed E-state index contributed by atoms with van der Waals surface area (Å²) < 4.78 is 21.3. The van der Waals surface area contributed by atoms with Gasteiger partial charge in [-0.2, -0.15) is 0 Å². The van der Waals surface area contributed by atoms with Crippen LogP contribution in [0.3, 0.4) is 0 Å². The van der Waals surface area contributed by atoms with Crippen molar-refractivity contribution >= 4 is 17.8 Å². The van der Waals surface area contributed by atoms with Gasteiger partial charge >= 0.3 is 5.97 Å². The standard InChI is InChI=1S/C25H22O6/c1-28-22-15-19(16-23(29-2)24(22)30-3)25(27)31-20-11-7-8-17(14-20)12-13-21(26)18-9-5-4-6-10-18/h4-16H,1-3H3. The van der Waals surface area contributed by atoms with E-state index in [4.69, 9.17) is 18.9 Å². The van der Waals surface area contributed by atoms with Crippen LogP contribution in [0.5, 0.6) is 23.0 Å². The van der Waals surface area contributed by atoms with Gasteiger partial charge in [-0.25, -0.2) is 4.79 Å². The van der Waals surface area contributed by atoms with Crippen LogP contribution in [0.2, 0.25) is 0 Å². The maximum absolute atomic E-state index is 12.7. The number of hydrogen-bond donors (Lipinski definition) is 0. The second-order valence-corrected chi connectivity index (χ2v) is 6.44. The van der Waals surface area contributed by atoms with E-state index >= 15 is 0 Å². The molecule has 158 valence electrons. The van der Waals surface area contributed by atoms with E-state index < -0.39 is 5.97 Å². The number of ether oxygens (including phenoxy) is 4. The van der Waals surface area contributed by atoms with Crippen LogP contribution in [0, 0.1) is 0 Å². The first-order valence-electron chi connectivity index (χ1n) is 9.45. The van der Waals surface area contributed by atoms with E-state index in [1.54, 1.807) is 36.4 Å². The highest BCUT2D eigenvalue weighted by Crippen LogP contribution is 2.38. The Bertz CT molecular complexity index is 1080. The first-order valence-corrected chi connectivity index (χ1v) is 9.45. The van der Waals surface area contributed by atoms with Gasteiger partial charge in [0.25, 0.3) is 0 Å². The highest BCUT2D eigenvalue weighted by atomic mass is 16.5. The SMILES string of the molecule is COc1cc(C(=O)Oc2cccc(C=CC(=O)c3ccccc3)c2)cc(OC)c1OC. The fourth-order valence-corrected chi connectivity index (χ4v) is 2.92. The van der Waals surface area contributed by atoms with Crippen LogP contribution in [0.4, 0.5) is 0 Å². The molecule has 0 N–H and O–H groups in total. The molecule has 3 rings (SSSR count). The maximum atomic E-state index is 12.7. The summed E-state index contributed by atoms with van der Waals surface area (Å²) in [6.07, 6.45) is 3.15. The average molecular weight is 418 g/mol. The van der Waals surface area contributed by atoms with Crippen molar-refractivity contribution in [3.63, 3.8) is 0 Å². The van der Waals surface area contributed by atoms with Crippen LogP contribution < -0.4 is 18.9 Å². The zero-order valence-corrected chi connectivity index (χ0v) is 17.5. The molecule has 0 aliphatic heterocycles. The molecule has 0 spiro atoms. The van der Waals surface area contributed by atoms with Crippen molar-refractivity contribution in [2.24, 2.45) is 0 Å². The Morgan fingerprint density at radius 1 is 0.742 bits per heavy atom. The monoisotopic (exact) mass is 418 g/mol. The molecule has 3 aromatic rings. The van der Waals surface area contributed by atoms with Gasteiger partial charge in [0.2, 0.25) is 5.75 Å². The van der Waals surface area contributed by atoms with Crippen LogP contribution in [0.25, 0.3) is 6.08 Å². The number of allylic oxidation sites excluding steroid dienone is 1. The number of carbonyl (C=O) groups is 2. The van der Waals surface area contributed by atoms with Gasteiger partial charge < -0.3 is 18.9 Å². The van der Waals surface area contributed by atoms with E-state index in [0.29, 0.717) is 28.6 Å². The van der Waals surface area contributed by atoms with Gasteiger partial charge in [0.15, 0.2) is 17.3 Å². The minimum Gasteiger partial charge on any atom is -0.493 e. The van der Waals surface area contributed by atoms with Gasteiger partial charge in [0, 0.05) is 5.56 Å². The van der Waals surface area contributed by atoms with Crippen LogP contribution in [0.1, 0.15) is 26.3 Å². The van der Waals surface area contributed by atoms with E-state index in [-0.39, 0.29) is 11.3 Å². The molecule has 0 aliphatic rings. The van der Waals surface area contributed by atoms with E-state index in [0.717, 1.165) is 5.56 Å². The molecule has 6 nitrogen and oxygen atoms in total. The highest BCUT2D eigenvalue weighted by molar-refractivity contribution is 6.06. The Hall–Kier alpha value is -4.06. The molecule has 0 unspecified atom stereocenters. The topological polar surface area (TPSA) is 71.1 Å². The van der Waals surface area contributed by atoms with E-state index in [2.05, 4.69) is 0 Å². The third kappa shape index (κ3) is 5.30. The molecule has 0 atom stereocenters. The number of carbonyl (C=O) groups excluding carboxylic acids is 2. The Morgan fingerprint density at radius 2 is 1.42 bits per heavy atom. The lowest BCUT2D eigenvalue weighted by Gasteiger charge is -2.13. The smallest absolute Gasteiger partial charge is 0.343 e. The Kier molecular flexibility index (Phi) is 7.06. The van der Waals surface area contributed by atoms with Gasteiger partial charge in [-0.1, -0.05) is 48.5 Å². The summed E-state index contributed by atoms with van der Waals surface area (Å²) in [6.45, 7) is 0. The second-order valence-electron chi connectivity index (χ2n) is 6.44.